The number of benzene rings is 1. The van der Waals surface area contributed by atoms with E-state index < -0.39 is 21.2 Å². The van der Waals surface area contributed by atoms with Crippen LogP contribution in [0.2, 0.25) is 0 Å². The van der Waals surface area contributed by atoms with Gasteiger partial charge in [-0.3, -0.25) is 19.9 Å². The van der Waals surface area contributed by atoms with Crippen LogP contribution in [0.25, 0.3) is 28.2 Å². The summed E-state index contributed by atoms with van der Waals surface area (Å²) < 4.78 is 33.1. The number of nitrogens with zero attached hydrogens (tertiary/aromatic N) is 1. The van der Waals surface area contributed by atoms with Gasteiger partial charge in [-0.1, -0.05) is 12.1 Å². The van der Waals surface area contributed by atoms with E-state index in [0.29, 0.717) is 22.3 Å². The van der Waals surface area contributed by atoms with Gasteiger partial charge in [0, 0.05) is 35.5 Å². The molecular weight excluding hydrogens is 426 g/mol. The third-order valence-corrected chi connectivity index (χ3v) is 6.71. The Morgan fingerprint density at radius 1 is 1.17 bits per heavy atom. The number of carbonyl (C=O) groups is 2. The van der Waals surface area contributed by atoms with Gasteiger partial charge in [0.2, 0.25) is 10.0 Å². The molecule has 2 N–H and O–H groups in total. The summed E-state index contributed by atoms with van der Waals surface area (Å²) in [6.07, 6.45) is 4.75. The summed E-state index contributed by atoms with van der Waals surface area (Å²) in [7, 11) is -3.58. The molecule has 0 spiro atoms. The number of carbonyl (C=O) groups excluding carboxylic acids is 2. The zero-order valence-corrected chi connectivity index (χ0v) is 17.6. The monoisotopic (exact) mass is 443 g/mol. The highest BCUT2D eigenvalue weighted by molar-refractivity contribution is 8.18. The number of hydrogen-bond donors (Lipinski definition) is 2. The van der Waals surface area contributed by atoms with Crippen molar-refractivity contribution in [2.24, 2.45) is 0 Å². The molecule has 3 aromatic rings. The van der Waals surface area contributed by atoms with E-state index in [1.54, 1.807) is 44.4 Å². The highest BCUT2D eigenvalue weighted by Crippen LogP contribution is 2.33. The van der Waals surface area contributed by atoms with Crippen LogP contribution in [0.4, 0.5) is 4.79 Å². The van der Waals surface area contributed by atoms with E-state index in [9.17, 15) is 18.0 Å². The summed E-state index contributed by atoms with van der Waals surface area (Å²) in [4.78, 5) is 27.7. The van der Waals surface area contributed by atoms with Crippen molar-refractivity contribution in [3.05, 3.63) is 53.4 Å². The molecule has 0 bridgehead atoms. The predicted octanol–water partition coefficient (Wildman–Crippen LogP) is 3.51. The number of sulfonamides is 1. The lowest BCUT2D eigenvalue weighted by atomic mass is 10.1. The number of nitrogens with one attached hydrogen (secondary N) is 2. The maximum absolute atomic E-state index is 12.3. The molecule has 0 radical (unpaired) electrons. The third-order valence-electron chi connectivity index (χ3n) is 4.22. The Labute approximate surface area is 176 Å². The van der Waals surface area contributed by atoms with Crippen LogP contribution in [-0.2, 0) is 14.8 Å². The zero-order chi connectivity index (χ0) is 21.5. The molecule has 0 saturated carbocycles. The minimum absolute atomic E-state index is 0.166. The Morgan fingerprint density at radius 3 is 2.53 bits per heavy atom. The minimum Gasteiger partial charge on any atom is -0.456 e. The van der Waals surface area contributed by atoms with Crippen molar-refractivity contribution in [3.63, 3.8) is 0 Å². The number of furan rings is 1. The second-order valence-electron chi connectivity index (χ2n) is 6.91. The van der Waals surface area contributed by atoms with E-state index in [4.69, 9.17) is 4.42 Å². The van der Waals surface area contributed by atoms with Crippen molar-refractivity contribution in [1.29, 1.82) is 0 Å². The molecule has 1 aliphatic heterocycles. The minimum atomic E-state index is -3.58. The fourth-order valence-corrected chi connectivity index (χ4v) is 4.91. The number of imide groups is 1. The molecule has 8 nitrogen and oxygen atoms in total. The number of fused-ring (bicyclic) bond motifs is 1. The van der Waals surface area contributed by atoms with Gasteiger partial charge in [0.1, 0.15) is 11.3 Å². The second kappa shape index (κ2) is 7.71. The Bertz CT molecular complexity index is 1290. The fraction of sp³-hybridized carbons (Fsp3) is 0.150. The van der Waals surface area contributed by atoms with Gasteiger partial charge in [0.25, 0.3) is 11.1 Å². The first-order valence-corrected chi connectivity index (χ1v) is 11.3. The van der Waals surface area contributed by atoms with Crippen molar-refractivity contribution in [2.45, 2.75) is 24.8 Å². The summed E-state index contributed by atoms with van der Waals surface area (Å²) in [5, 5.41) is 2.49. The van der Waals surface area contributed by atoms with Gasteiger partial charge >= 0.3 is 0 Å². The molecule has 154 valence electrons. The molecule has 2 amide bonds. The predicted molar refractivity (Wildman–Crippen MR) is 114 cm³/mol. The van der Waals surface area contributed by atoms with Crippen LogP contribution in [0.1, 0.15) is 19.6 Å². The SMILES string of the molecule is CC(C)NS(=O)(=O)c1ccc(-c2cncc3cc(/C=C4\SC(=O)NC4=O)oc23)cc1. The molecule has 10 heteroatoms. The van der Waals surface area contributed by atoms with Gasteiger partial charge in [-0.05, 0) is 49.4 Å². The molecule has 3 heterocycles. The van der Waals surface area contributed by atoms with Crippen molar-refractivity contribution in [1.82, 2.24) is 15.0 Å². The summed E-state index contributed by atoms with van der Waals surface area (Å²) in [6.45, 7) is 3.51. The molecule has 1 aromatic carbocycles. The Balaban J connectivity index is 1.70. The normalized spacial score (nSPS) is 16.0. The van der Waals surface area contributed by atoms with Gasteiger partial charge in [-0.2, -0.15) is 0 Å². The quantitative estimate of drug-likeness (QED) is 0.579. The molecule has 0 unspecified atom stereocenters. The van der Waals surface area contributed by atoms with Crippen LogP contribution in [0.3, 0.4) is 0 Å². The van der Waals surface area contributed by atoms with E-state index in [0.717, 1.165) is 17.3 Å². The smallest absolute Gasteiger partial charge is 0.290 e. The van der Waals surface area contributed by atoms with E-state index in [1.807, 2.05) is 0 Å². The number of amides is 2. The summed E-state index contributed by atoms with van der Waals surface area (Å²) in [5.41, 5.74) is 1.95. The zero-order valence-electron chi connectivity index (χ0n) is 16.0. The first-order chi connectivity index (χ1) is 14.2. The lowest BCUT2D eigenvalue weighted by Crippen LogP contribution is -2.30. The molecule has 1 fully saturated rings. The van der Waals surface area contributed by atoms with Gasteiger partial charge in [-0.15, -0.1) is 0 Å². The third kappa shape index (κ3) is 4.02. The van der Waals surface area contributed by atoms with Gasteiger partial charge < -0.3 is 4.42 Å². The highest BCUT2D eigenvalue weighted by Gasteiger charge is 2.25. The molecule has 1 aliphatic rings. The highest BCUT2D eigenvalue weighted by atomic mass is 32.2. The van der Waals surface area contributed by atoms with Gasteiger partial charge in [0.15, 0.2) is 0 Å². The maximum atomic E-state index is 12.3. The van der Waals surface area contributed by atoms with Crippen LogP contribution in [-0.4, -0.2) is 30.6 Å². The Morgan fingerprint density at radius 2 is 1.90 bits per heavy atom. The molecule has 4 rings (SSSR count). The van der Waals surface area contributed by atoms with Crippen LogP contribution < -0.4 is 10.0 Å². The number of aromatic nitrogens is 1. The molecule has 1 saturated heterocycles. The molecular formula is C20H17N3O5S2. The van der Waals surface area contributed by atoms with E-state index in [-0.39, 0.29) is 15.8 Å². The average molecular weight is 444 g/mol. The van der Waals surface area contributed by atoms with Crippen LogP contribution in [0.5, 0.6) is 0 Å². The Hall–Kier alpha value is -2.95. The van der Waals surface area contributed by atoms with Gasteiger partial charge in [-0.25, -0.2) is 13.1 Å². The first-order valence-electron chi connectivity index (χ1n) is 8.98. The van der Waals surface area contributed by atoms with Crippen molar-refractivity contribution in [2.75, 3.05) is 0 Å². The largest absolute Gasteiger partial charge is 0.456 e. The van der Waals surface area contributed by atoms with Gasteiger partial charge in [0.05, 0.1) is 9.80 Å². The number of pyridine rings is 1. The lowest BCUT2D eigenvalue weighted by molar-refractivity contribution is -0.115. The van der Waals surface area contributed by atoms with Crippen LogP contribution >= 0.6 is 11.8 Å². The topological polar surface area (TPSA) is 118 Å². The first kappa shape index (κ1) is 20.3. The number of thioether (sulfide) groups is 1. The maximum Gasteiger partial charge on any atom is 0.290 e. The molecule has 0 atom stereocenters. The summed E-state index contributed by atoms with van der Waals surface area (Å²) >= 11 is 0.810. The van der Waals surface area contributed by atoms with E-state index in [2.05, 4.69) is 15.0 Å². The Kier molecular flexibility index (Phi) is 5.22. The number of hydrogen-bond acceptors (Lipinski definition) is 7. The van der Waals surface area contributed by atoms with Crippen molar-refractivity contribution in [3.8, 4) is 11.1 Å². The fourth-order valence-electron chi connectivity index (χ4n) is 3.00. The molecule has 30 heavy (non-hydrogen) atoms. The van der Waals surface area contributed by atoms with Crippen molar-refractivity contribution < 1.29 is 22.4 Å². The van der Waals surface area contributed by atoms with E-state index in [1.165, 1.54) is 18.2 Å². The molecule has 2 aromatic heterocycles. The standard InChI is InChI=1S/C20H17N3O5S2/c1-11(2)23-30(26,27)15-5-3-12(4-6-15)16-10-21-9-13-7-14(28-18(13)16)8-17-19(24)22-20(25)29-17/h3-11,23H,1-2H3,(H,22,24,25)/b17-8-. The number of rotatable bonds is 5. The van der Waals surface area contributed by atoms with Crippen LogP contribution in [0.15, 0.2) is 56.9 Å². The second-order valence-corrected chi connectivity index (χ2v) is 9.64. The van der Waals surface area contributed by atoms with Crippen molar-refractivity contribution >= 4 is 50.0 Å². The summed E-state index contributed by atoms with van der Waals surface area (Å²) in [5.74, 6) is -0.0532. The van der Waals surface area contributed by atoms with E-state index >= 15 is 0 Å². The average Bonchev–Trinajstić information content (AvgIpc) is 3.22. The van der Waals surface area contributed by atoms with Crippen LogP contribution in [0, 0.1) is 0 Å². The lowest BCUT2D eigenvalue weighted by Gasteiger charge is -2.10. The summed E-state index contributed by atoms with van der Waals surface area (Å²) in [6, 6.07) is 7.93. The molecule has 0 aliphatic carbocycles.